The first-order valence-electron chi connectivity index (χ1n) is 4.03. The Morgan fingerprint density at radius 2 is 2.31 bits per heavy atom. The fourth-order valence-electron chi connectivity index (χ4n) is 0.821. The lowest BCUT2D eigenvalue weighted by atomic mass is 10.3. The minimum Gasteiger partial charge on any atom is -0.387 e. The summed E-state index contributed by atoms with van der Waals surface area (Å²) in [7, 11) is 0. The van der Waals surface area contributed by atoms with Crippen LogP contribution in [0.1, 0.15) is 0 Å². The number of nitrogens with two attached hydrogens (primary N) is 1. The summed E-state index contributed by atoms with van der Waals surface area (Å²) in [6.07, 6.45) is 0. The summed E-state index contributed by atoms with van der Waals surface area (Å²) < 4.78 is 0.776. The highest BCUT2D eigenvalue weighted by Crippen LogP contribution is 2.25. The van der Waals surface area contributed by atoms with Crippen LogP contribution in [0.3, 0.4) is 0 Å². The van der Waals surface area contributed by atoms with Crippen LogP contribution in [0.4, 0.5) is 5.69 Å². The molecule has 1 aromatic carbocycles. The molecule has 0 aliphatic rings. The maximum atomic E-state index is 8.65. The molecule has 0 saturated heterocycles. The molecule has 0 aliphatic carbocycles. The zero-order valence-electron chi connectivity index (χ0n) is 7.87. The van der Waals surface area contributed by atoms with Crippen LogP contribution in [0.2, 0.25) is 5.02 Å². The van der Waals surface area contributed by atoms with Gasteiger partial charge < -0.3 is 5.73 Å². The van der Waals surface area contributed by atoms with Gasteiger partial charge in [0, 0.05) is 4.47 Å². The van der Waals surface area contributed by atoms with Gasteiger partial charge in [-0.15, -0.1) is 0 Å². The molecule has 16 heavy (non-hydrogen) atoms. The molecule has 0 heterocycles. The van der Waals surface area contributed by atoms with E-state index in [0.29, 0.717) is 10.7 Å². The van der Waals surface area contributed by atoms with Gasteiger partial charge in [-0.1, -0.05) is 23.8 Å². The van der Waals surface area contributed by atoms with Crippen LogP contribution in [0.25, 0.3) is 0 Å². The normalized spacial score (nSPS) is 10.7. The molecule has 0 spiro atoms. The quantitative estimate of drug-likeness (QED) is 0.510. The first-order valence-corrected chi connectivity index (χ1v) is 5.61. The van der Waals surface area contributed by atoms with Crippen molar-refractivity contribution in [3.63, 3.8) is 0 Å². The topological polar surface area (TPSA) is 74.2 Å². The zero-order chi connectivity index (χ0) is 12.1. The molecule has 82 valence electrons. The summed E-state index contributed by atoms with van der Waals surface area (Å²) >= 11 is 13.8. The zero-order valence-corrected chi connectivity index (χ0v) is 11.0. The number of nitrogens with one attached hydrogen (secondary N) is 1. The summed E-state index contributed by atoms with van der Waals surface area (Å²) in [4.78, 5) is -0.0572. The molecular formula is C9H6BrClN4S. The predicted octanol–water partition coefficient (Wildman–Crippen LogP) is 2.68. The molecule has 0 unspecified atom stereocenters. The van der Waals surface area contributed by atoms with E-state index in [2.05, 4.69) is 38.7 Å². The van der Waals surface area contributed by atoms with E-state index in [0.717, 1.165) is 4.47 Å². The van der Waals surface area contributed by atoms with Gasteiger partial charge in [0.05, 0.1) is 10.7 Å². The highest BCUT2D eigenvalue weighted by Gasteiger charge is 2.01. The van der Waals surface area contributed by atoms with Gasteiger partial charge in [-0.05, 0) is 34.1 Å². The molecule has 4 nitrogen and oxygen atoms in total. The van der Waals surface area contributed by atoms with Gasteiger partial charge in [-0.3, -0.25) is 5.43 Å². The van der Waals surface area contributed by atoms with E-state index >= 15 is 0 Å². The Morgan fingerprint density at radius 1 is 1.62 bits per heavy atom. The lowest BCUT2D eigenvalue weighted by Crippen LogP contribution is -2.20. The molecule has 0 aromatic heterocycles. The number of hydrogen-bond donors (Lipinski definition) is 2. The summed E-state index contributed by atoms with van der Waals surface area (Å²) in [6, 6.07) is 6.93. The first-order chi connectivity index (χ1) is 7.54. The molecule has 0 atom stereocenters. The minimum atomic E-state index is -0.0572. The monoisotopic (exact) mass is 316 g/mol. The number of nitriles is 1. The van der Waals surface area contributed by atoms with E-state index in [9.17, 15) is 0 Å². The molecular weight excluding hydrogens is 312 g/mol. The van der Waals surface area contributed by atoms with Crippen LogP contribution in [0, 0.1) is 11.3 Å². The molecule has 0 bridgehead atoms. The molecule has 0 radical (unpaired) electrons. The van der Waals surface area contributed by atoms with Crippen molar-refractivity contribution in [2.24, 2.45) is 10.8 Å². The number of nitrogens with zero attached hydrogens (tertiary/aromatic N) is 2. The lowest BCUT2D eigenvalue weighted by molar-refractivity contribution is 1.34. The number of hydrogen-bond acceptors (Lipinski definition) is 4. The van der Waals surface area contributed by atoms with Crippen LogP contribution in [0.5, 0.6) is 0 Å². The third-order valence-electron chi connectivity index (χ3n) is 1.56. The van der Waals surface area contributed by atoms with Gasteiger partial charge in [0.1, 0.15) is 11.1 Å². The largest absolute Gasteiger partial charge is 0.387 e. The predicted molar refractivity (Wildman–Crippen MR) is 72.6 cm³/mol. The van der Waals surface area contributed by atoms with Crippen molar-refractivity contribution in [2.75, 3.05) is 5.43 Å². The van der Waals surface area contributed by atoms with E-state index in [1.807, 2.05) is 0 Å². The van der Waals surface area contributed by atoms with Crippen LogP contribution in [0.15, 0.2) is 27.8 Å². The second-order valence-electron chi connectivity index (χ2n) is 2.68. The SMILES string of the molecule is N#CC(=NNc1ccc(Br)c(Cl)c1)C(N)=S. The van der Waals surface area contributed by atoms with Crippen LogP contribution in [-0.2, 0) is 0 Å². The van der Waals surface area contributed by atoms with Crippen LogP contribution < -0.4 is 11.2 Å². The highest BCUT2D eigenvalue weighted by molar-refractivity contribution is 9.10. The number of benzene rings is 1. The van der Waals surface area contributed by atoms with Gasteiger partial charge in [-0.25, -0.2) is 0 Å². The molecule has 7 heteroatoms. The summed E-state index contributed by atoms with van der Waals surface area (Å²) in [5.41, 5.74) is 8.51. The van der Waals surface area contributed by atoms with Crippen molar-refractivity contribution < 1.29 is 0 Å². The van der Waals surface area contributed by atoms with Crippen molar-refractivity contribution in [2.45, 2.75) is 0 Å². The van der Waals surface area contributed by atoms with E-state index in [-0.39, 0.29) is 10.7 Å². The second kappa shape index (κ2) is 5.80. The molecule has 1 rings (SSSR count). The van der Waals surface area contributed by atoms with Gasteiger partial charge in [-0.2, -0.15) is 10.4 Å². The van der Waals surface area contributed by atoms with Gasteiger partial charge in [0.2, 0.25) is 0 Å². The Bertz CT molecular complexity index is 495. The fraction of sp³-hybridized carbons (Fsp3) is 0. The van der Waals surface area contributed by atoms with Crippen molar-refractivity contribution in [3.8, 4) is 6.07 Å². The first kappa shape index (κ1) is 12.9. The number of hydrazone groups is 1. The van der Waals surface area contributed by atoms with Crippen LogP contribution in [-0.4, -0.2) is 10.7 Å². The Balaban J connectivity index is 2.86. The van der Waals surface area contributed by atoms with Crippen LogP contribution >= 0.6 is 39.7 Å². The number of thiocarbonyl (C=S) groups is 1. The third kappa shape index (κ3) is 3.45. The summed E-state index contributed by atoms with van der Waals surface area (Å²) in [5, 5.41) is 12.9. The highest BCUT2D eigenvalue weighted by atomic mass is 79.9. The smallest absolute Gasteiger partial charge is 0.194 e. The van der Waals surface area contributed by atoms with Crippen molar-refractivity contribution in [1.82, 2.24) is 0 Å². The van der Waals surface area contributed by atoms with E-state index in [4.69, 9.17) is 22.6 Å². The molecule has 0 aliphatic heterocycles. The molecule has 0 fully saturated rings. The fourth-order valence-corrected chi connectivity index (χ4v) is 1.34. The van der Waals surface area contributed by atoms with E-state index in [1.165, 1.54) is 0 Å². The van der Waals surface area contributed by atoms with Gasteiger partial charge in [0.15, 0.2) is 5.71 Å². The van der Waals surface area contributed by atoms with Gasteiger partial charge >= 0.3 is 0 Å². The van der Waals surface area contributed by atoms with Crippen molar-refractivity contribution in [1.29, 1.82) is 5.26 Å². The molecule has 0 amide bonds. The maximum absolute atomic E-state index is 8.65. The van der Waals surface area contributed by atoms with Gasteiger partial charge in [0.25, 0.3) is 0 Å². The second-order valence-corrected chi connectivity index (χ2v) is 4.38. The molecule has 0 saturated carbocycles. The van der Waals surface area contributed by atoms with Crippen molar-refractivity contribution >= 4 is 56.1 Å². The third-order valence-corrected chi connectivity index (χ3v) is 2.98. The summed E-state index contributed by atoms with van der Waals surface area (Å²) in [6.45, 7) is 0. The van der Waals surface area contributed by atoms with Crippen molar-refractivity contribution in [3.05, 3.63) is 27.7 Å². The maximum Gasteiger partial charge on any atom is 0.194 e. The Labute approximate surface area is 111 Å². The minimum absolute atomic E-state index is 0.0333. The number of rotatable bonds is 3. The standard InChI is InChI=1S/C9H6BrClN4S/c10-6-2-1-5(3-7(6)11)14-15-8(4-12)9(13)16/h1-3,14H,(H2,13,16). The molecule has 1 aromatic rings. The Kier molecular flexibility index (Phi) is 4.68. The van der Waals surface area contributed by atoms with E-state index in [1.54, 1.807) is 24.3 Å². The number of anilines is 1. The molecule has 3 N–H and O–H groups in total. The number of halogens is 2. The lowest BCUT2D eigenvalue weighted by Gasteiger charge is -2.02. The summed E-state index contributed by atoms with van der Waals surface area (Å²) in [5.74, 6) is 0. The average molecular weight is 318 g/mol. The average Bonchev–Trinajstić information content (AvgIpc) is 2.23. The Hall–Kier alpha value is -1.16. The van der Waals surface area contributed by atoms with E-state index < -0.39 is 0 Å². The Morgan fingerprint density at radius 3 is 2.81 bits per heavy atom.